The van der Waals surface area contributed by atoms with E-state index in [0.717, 1.165) is 28.6 Å². The number of hydrogen-bond acceptors (Lipinski definition) is 8. The van der Waals surface area contributed by atoms with Gasteiger partial charge < -0.3 is 0 Å². The fourth-order valence-electron chi connectivity index (χ4n) is 2.63. The monoisotopic (exact) mass is 417 g/mol. The minimum Gasteiger partial charge on any atom is -0.300 e. The van der Waals surface area contributed by atoms with E-state index in [1.54, 1.807) is 16.3 Å². The third-order valence-corrected chi connectivity index (χ3v) is 6.59. The number of fused-ring (bicyclic) bond motifs is 1. The average Bonchev–Trinajstić information content (AvgIpc) is 3.30. The molecule has 0 saturated carbocycles. The molecule has 4 rings (SSSR count). The molecule has 1 amide bonds. The van der Waals surface area contributed by atoms with E-state index in [2.05, 4.69) is 20.5 Å². The van der Waals surface area contributed by atoms with Crippen molar-refractivity contribution < 1.29 is 4.79 Å². The van der Waals surface area contributed by atoms with Crippen LogP contribution in [0.25, 0.3) is 5.69 Å². The molecule has 27 heavy (non-hydrogen) atoms. The van der Waals surface area contributed by atoms with Crippen LogP contribution < -0.4 is 10.9 Å². The largest absolute Gasteiger partial charge is 0.300 e. The van der Waals surface area contributed by atoms with Crippen LogP contribution in [0.15, 0.2) is 45.2 Å². The molecule has 7 nitrogen and oxygen atoms in total. The van der Waals surface area contributed by atoms with Crippen molar-refractivity contribution in [3.05, 3.63) is 51.4 Å². The number of aryl methyl sites for hydroxylation is 2. The molecule has 0 atom stereocenters. The Balaban J connectivity index is 1.61. The van der Waals surface area contributed by atoms with Crippen LogP contribution in [-0.4, -0.2) is 37.2 Å². The summed E-state index contributed by atoms with van der Waals surface area (Å²) in [5.41, 5.74) is 1.49. The number of anilines is 1. The number of para-hydroxylation sites is 1. The summed E-state index contributed by atoms with van der Waals surface area (Å²) in [4.78, 5) is 30.6. The number of carbonyl (C=O) groups is 1. The lowest BCUT2D eigenvalue weighted by Crippen LogP contribution is -2.24. The second-order valence-electron chi connectivity index (χ2n) is 5.71. The van der Waals surface area contributed by atoms with Crippen LogP contribution in [0.3, 0.4) is 0 Å². The second kappa shape index (κ2) is 7.83. The molecule has 2 aromatic heterocycles. The minimum atomic E-state index is -0.208. The Morgan fingerprint density at radius 3 is 2.85 bits per heavy atom. The highest BCUT2D eigenvalue weighted by Crippen LogP contribution is 2.30. The SMILES string of the molecule is Cc1nnc(NC(=O)CSc2nc3c(c(=O)n2-c2ccccc2)SCC3)s1. The first kappa shape index (κ1) is 18.2. The van der Waals surface area contributed by atoms with Gasteiger partial charge in [-0.1, -0.05) is 41.3 Å². The van der Waals surface area contributed by atoms with Crippen molar-refractivity contribution in [2.75, 3.05) is 16.8 Å². The summed E-state index contributed by atoms with van der Waals surface area (Å²) >= 11 is 4.11. The molecular weight excluding hydrogens is 402 g/mol. The van der Waals surface area contributed by atoms with Gasteiger partial charge >= 0.3 is 0 Å². The van der Waals surface area contributed by atoms with E-state index in [1.165, 1.54) is 23.1 Å². The first-order valence-electron chi connectivity index (χ1n) is 8.19. The number of thioether (sulfide) groups is 2. The predicted octanol–water partition coefficient (Wildman–Crippen LogP) is 2.77. The zero-order chi connectivity index (χ0) is 18.8. The fraction of sp³-hybridized carbons (Fsp3) is 0.235. The maximum absolute atomic E-state index is 13.0. The molecule has 0 saturated heterocycles. The number of amides is 1. The van der Waals surface area contributed by atoms with E-state index >= 15 is 0 Å². The van der Waals surface area contributed by atoms with Crippen molar-refractivity contribution in [2.24, 2.45) is 0 Å². The Bertz CT molecular complexity index is 1050. The Labute approximate surface area is 167 Å². The van der Waals surface area contributed by atoms with Gasteiger partial charge in [-0.15, -0.1) is 22.0 Å². The zero-order valence-electron chi connectivity index (χ0n) is 14.3. The highest BCUT2D eigenvalue weighted by atomic mass is 32.2. The van der Waals surface area contributed by atoms with Gasteiger partial charge in [-0.05, 0) is 19.1 Å². The first-order chi connectivity index (χ1) is 13.1. The molecular formula is C17H15N5O2S3. The van der Waals surface area contributed by atoms with Crippen molar-refractivity contribution in [3.63, 3.8) is 0 Å². The molecule has 138 valence electrons. The number of nitrogens with zero attached hydrogens (tertiary/aromatic N) is 4. The number of carbonyl (C=O) groups excluding carboxylic acids is 1. The van der Waals surface area contributed by atoms with Crippen molar-refractivity contribution in [2.45, 2.75) is 23.4 Å². The third-order valence-electron chi connectivity index (χ3n) is 3.79. The molecule has 0 fully saturated rings. The quantitative estimate of drug-likeness (QED) is 0.504. The van der Waals surface area contributed by atoms with Crippen molar-refractivity contribution in [3.8, 4) is 5.69 Å². The number of benzene rings is 1. The van der Waals surface area contributed by atoms with Gasteiger partial charge in [0.1, 0.15) is 5.01 Å². The molecule has 10 heteroatoms. The van der Waals surface area contributed by atoms with E-state index in [0.29, 0.717) is 15.2 Å². The van der Waals surface area contributed by atoms with E-state index in [9.17, 15) is 9.59 Å². The molecule has 0 aliphatic carbocycles. The second-order valence-corrected chi connectivity index (χ2v) is 8.94. The molecule has 0 radical (unpaired) electrons. The Hall–Kier alpha value is -2.17. The van der Waals surface area contributed by atoms with Gasteiger partial charge in [-0.3, -0.25) is 19.5 Å². The summed E-state index contributed by atoms with van der Waals surface area (Å²) in [5.74, 6) is 0.779. The van der Waals surface area contributed by atoms with Gasteiger partial charge in [-0.25, -0.2) is 4.98 Å². The predicted molar refractivity (Wildman–Crippen MR) is 108 cm³/mol. The van der Waals surface area contributed by atoms with Gasteiger partial charge in [0.25, 0.3) is 5.56 Å². The highest BCUT2D eigenvalue weighted by Gasteiger charge is 2.23. The molecule has 3 aromatic rings. The van der Waals surface area contributed by atoms with E-state index in [1.807, 2.05) is 37.3 Å². The lowest BCUT2D eigenvalue weighted by molar-refractivity contribution is -0.113. The Kier molecular flexibility index (Phi) is 5.28. The highest BCUT2D eigenvalue weighted by molar-refractivity contribution is 8.00. The lowest BCUT2D eigenvalue weighted by atomic mass is 10.3. The summed E-state index contributed by atoms with van der Waals surface area (Å²) < 4.78 is 1.59. The molecule has 0 spiro atoms. The van der Waals surface area contributed by atoms with E-state index in [-0.39, 0.29) is 17.2 Å². The smallest absolute Gasteiger partial charge is 0.272 e. The van der Waals surface area contributed by atoms with Crippen molar-refractivity contribution in [1.82, 2.24) is 19.7 Å². The fourth-order valence-corrected chi connectivity index (χ4v) is 5.09. The number of aromatic nitrogens is 4. The molecule has 1 aliphatic heterocycles. The van der Waals surface area contributed by atoms with Crippen molar-refractivity contribution in [1.29, 1.82) is 0 Å². The van der Waals surface area contributed by atoms with Gasteiger partial charge in [0.2, 0.25) is 11.0 Å². The number of nitrogens with one attached hydrogen (secondary N) is 1. The van der Waals surface area contributed by atoms with Crippen LogP contribution in [0.1, 0.15) is 10.7 Å². The first-order valence-corrected chi connectivity index (χ1v) is 11.0. The molecule has 0 bridgehead atoms. The Morgan fingerprint density at radius 1 is 1.30 bits per heavy atom. The summed E-state index contributed by atoms with van der Waals surface area (Å²) in [6, 6.07) is 9.38. The van der Waals surface area contributed by atoms with Gasteiger partial charge in [0.05, 0.1) is 22.0 Å². The van der Waals surface area contributed by atoms with Crippen LogP contribution in [0, 0.1) is 6.92 Å². The number of hydrogen-bond donors (Lipinski definition) is 1. The van der Waals surface area contributed by atoms with Crippen LogP contribution in [-0.2, 0) is 11.2 Å². The molecule has 1 aromatic carbocycles. The molecule has 1 aliphatic rings. The van der Waals surface area contributed by atoms with E-state index in [4.69, 9.17) is 0 Å². The van der Waals surface area contributed by atoms with E-state index < -0.39 is 0 Å². The molecule has 3 heterocycles. The van der Waals surface area contributed by atoms with Crippen molar-refractivity contribution >= 4 is 45.9 Å². The summed E-state index contributed by atoms with van der Waals surface area (Å²) in [6.07, 6.45) is 0.773. The summed E-state index contributed by atoms with van der Waals surface area (Å²) in [7, 11) is 0. The lowest BCUT2D eigenvalue weighted by Gasteiger charge is -2.13. The normalized spacial score (nSPS) is 12.8. The van der Waals surface area contributed by atoms with Crippen LogP contribution in [0.5, 0.6) is 0 Å². The van der Waals surface area contributed by atoms with Crippen LogP contribution in [0.4, 0.5) is 5.13 Å². The van der Waals surface area contributed by atoms with Gasteiger partial charge in [0.15, 0.2) is 5.16 Å². The number of rotatable bonds is 5. The van der Waals surface area contributed by atoms with Gasteiger partial charge in [-0.2, -0.15) is 0 Å². The minimum absolute atomic E-state index is 0.0728. The maximum atomic E-state index is 13.0. The maximum Gasteiger partial charge on any atom is 0.272 e. The molecule has 1 N–H and O–H groups in total. The standard InChI is InChI=1S/C17H15N5O2S3/c1-10-20-21-16(27-10)19-13(23)9-26-17-18-12-7-8-25-14(12)15(24)22(17)11-5-3-2-4-6-11/h2-6H,7-9H2,1H3,(H,19,21,23). The Morgan fingerprint density at radius 2 is 2.11 bits per heavy atom. The average molecular weight is 418 g/mol. The summed E-state index contributed by atoms with van der Waals surface area (Å²) in [5, 5.41) is 12.3. The van der Waals surface area contributed by atoms with Gasteiger partial charge in [0, 0.05) is 12.2 Å². The summed E-state index contributed by atoms with van der Waals surface area (Å²) in [6.45, 7) is 1.83. The third kappa shape index (κ3) is 3.92. The van der Waals surface area contributed by atoms with Crippen LogP contribution in [0.2, 0.25) is 0 Å². The topological polar surface area (TPSA) is 89.8 Å². The zero-order valence-corrected chi connectivity index (χ0v) is 16.8. The molecule has 0 unspecified atom stereocenters. The van der Waals surface area contributed by atoms with Crippen LogP contribution >= 0.6 is 34.9 Å².